The van der Waals surface area contributed by atoms with E-state index in [-0.39, 0.29) is 0 Å². The number of rotatable bonds is 0. The highest BCUT2D eigenvalue weighted by Gasteiger charge is 1.68. The van der Waals surface area contributed by atoms with Crippen LogP contribution in [0.5, 0.6) is 0 Å². The summed E-state index contributed by atoms with van der Waals surface area (Å²) in [6, 6.07) is 0. The molecular formula is C2H9N3O7. The van der Waals surface area contributed by atoms with Crippen molar-refractivity contribution >= 4 is 0 Å². The third kappa shape index (κ3) is 158. The highest BCUT2D eigenvalue weighted by atomic mass is 16.9. The van der Waals surface area contributed by atoms with Gasteiger partial charge in [0.2, 0.25) is 0 Å². The summed E-state index contributed by atoms with van der Waals surface area (Å²) in [4.78, 5) is 16.7. The molecule has 0 saturated carbocycles. The minimum Gasteiger partial charge on any atom is -0.379 e. The maximum atomic E-state index is 8.36. The van der Waals surface area contributed by atoms with E-state index in [9.17, 15) is 0 Å². The number of aliphatic hydroxyl groups excluding tert-OH is 1. The van der Waals surface area contributed by atoms with Gasteiger partial charge in [0.25, 0.3) is 10.2 Å². The Morgan fingerprint density at radius 2 is 1.25 bits per heavy atom. The van der Waals surface area contributed by atoms with Crippen molar-refractivity contribution in [2.45, 2.75) is 13.2 Å². The van der Waals surface area contributed by atoms with Gasteiger partial charge in [0.05, 0.1) is 6.23 Å². The van der Waals surface area contributed by atoms with Gasteiger partial charge in [-0.25, -0.2) is 0 Å². The maximum absolute atomic E-state index is 8.36. The predicted octanol–water partition coefficient (Wildman–Crippen LogP) is -1.41. The Labute approximate surface area is 66.1 Å². The van der Waals surface area contributed by atoms with Gasteiger partial charge in [0.1, 0.15) is 0 Å². The topological polar surface area (TPSA) is 173 Å². The summed E-state index contributed by atoms with van der Waals surface area (Å²) >= 11 is 0. The van der Waals surface area contributed by atoms with Crippen molar-refractivity contribution in [3.8, 4) is 0 Å². The first-order valence-electron chi connectivity index (χ1n) is 2.30. The van der Waals surface area contributed by atoms with Crippen molar-refractivity contribution in [1.82, 2.24) is 0 Å². The van der Waals surface area contributed by atoms with E-state index >= 15 is 0 Å². The molecule has 1 unspecified atom stereocenters. The average Bonchev–Trinajstić information content (AvgIpc) is 1.54. The van der Waals surface area contributed by atoms with Crippen LogP contribution in [0.1, 0.15) is 6.92 Å². The minimum atomic E-state index is -1.50. The lowest BCUT2D eigenvalue weighted by atomic mass is 10.7. The molecule has 0 spiro atoms. The zero-order chi connectivity index (χ0) is 10.7. The fourth-order valence-electron chi connectivity index (χ4n) is 0. The van der Waals surface area contributed by atoms with Gasteiger partial charge in [-0.1, -0.05) is 0 Å². The Hall–Kier alpha value is -1.68. The fraction of sp³-hybridized carbons (Fsp3) is 1.00. The van der Waals surface area contributed by atoms with E-state index in [1.54, 1.807) is 0 Å². The molecule has 0 fully saturated rings. The molecule has 0 aliphatic rings. The van der Waals surface area contributed by atoms with Crippen molar-refractivity contribution in [2.75, 3.05) is 0 Å². The van der Waals surface area contributed by atoms with Gasteiger partial charge in [0.15, 0.2) is 0 Å². The molecule has 0 amide bonds. The number of nitrogens with two attached hydrogens (primary N) is 1. The van der Waals surface area contributed by atoms with Crippen molar-refractivity contribution in [3.05, 3.63) is 20.2 Å². The first kappa shape index (κ1) is 16.7. The van der Waals surface area contributed by atoms with Crippen LogP contribution in [0.2, 0.25) is 0 Å². The lowest BCUT2D eigenvalue weighted by Crippen LogP contribution is -2.11. The van der Waals surface area contributed by atoms with E-state index in [1.165, 1.54) is 6.92 Å². The Balaban J connectivity index is -0.000000101. The van der Waals surface area contributed by atoms with Crippen LogP contribution < -0.4 is 5.73 Å². The van der Waals surface area contributed by atoms with Crippen LogP contribution in [0.3, 0.4) is 0 Å². The Kier molecular flexibility index (Phi) is 16.8. The predicted molar refractivity (Wildman–Crippen MR) is 33.4 cm³/mol. The molecule has 0 aliphatic carbocycles. The molecule has 0 radical (unpaired) electrons. The summed E-state index contributed by atoms with van der Waals surface area (Å²) in [6.45, 7) is 1.50. The van der Waals surface area contributed by atoms with Gasteiger partial charge >= 0.3 is 0 Å². The van der Waals surface area contributed by atoms with Crippen LogP contribution >= 0.6 is 0 Å². The molecule has 0 heterocycles. The average molecular weight is 187 g/mol. The SMILES string of the molecule is CC(N)O.O=[N+]([O-])O.O=[N+]([O-])O. The number of hydrogen-bond donors (Lipinski definition) is 4. The van der Waals surface area contributed by atoms with Gasteiger partial charge in [0, 0.05) is 0 Å². The van der Waals surface area contributed by atoms with E-state index in [1.807, 2.05) is 0 Å². The molecule has 74 valence electrons. The smallest absolute Gasteiger partial charge is 0.291 e. The van der Waals surface area contributed by atoms with E-state index in [0.29, 0.717) is 0 Å². The summed E-state index contributed by atoms with van der Waals surface area (Å²) in [5.74, 6) is 0. The standard InChI is InChI=1S/C2H7NO.2HNO3/c1-2(3)4;2*2-1(3)4/h2,4H,3H2,1H3;2*(H,2,3,4). The van der Waals surface area contributed by atoms with E-state index in [4.69, 9.17) is 35.7 Å². The lowest BCUT2D eigenvalue weighted by Gasteiger charge is -1.82. The Morgan fingerprint density at radius 3 is 1.25 bits per heavy atom. The Morgan fingerprint density at radius 1 is 1.25 bits per heavy atom. The highest BCUT2D eigenvalue weighted by molar-refractivity contribution is 4.16. The second-order valence-electron chi connectivity index (χ2n) is 1.22. The molecule has 1 atom stereocenters. The zero-order valence-electron chi connectivity index (χ0n) is 6.02. The molecule has 0 aliphatic heterocycles. The zero-order valence-corrected chi connectivity index (χ0v) is 6.02. The normalized spacial score (nSPS) is 9.25. The summed E-state index contributed by atoms with van der Waals surface area (Å²) in [5, 5.41) is 35.1. The first-order chi connectivity index (χ1) is 5.20. The molecule has 10 nitrogen and oxygen atoms in total. The molecule has 5 N–H and O–H groups in total. The van der Waals surface area contributed by atoms with Crippen molar-refractivity contribution < 1.29 is 25.7 Å². The van der Waals surface area contributed by atoms with E-state index < -0.39 is 16.4 Å². The van der Waals surface area contributed by atoms with Crippen LogP contribution in [0.15, 0.2) is 0 Å². The minimum absolute atomic E-state index is 0.667. The second kappa shape index (κ2) is 12.0. The monoisotopic (exact) mass is 187 g/mol. The van der Waals surface area contributed by atoms with Gasteiger partial charge < -0.3 is 21.3 Å². The highest BCUT2D eigenvalue weighted by Crippen LogP contribution is 1.50. The van der Waals surface area contributed by atoms with Crippen molar-refractivity contribution in [3.63, 3.8) is 0 Å². The molecule has 0 aromatic heterocycles. The largest absolute Gasteiger partial charge is 0.379 e. The number of aliphatic hydroxyl groups is 1. The molecule has 0 aromatic rings. The molecule has 12 heavy (non-hydrogen) atoms. The molecule has 10 heteroatoms. The summed E-state index contributed by atoms with van der Waals surface area (Å²) < 4.78 is 0. The van der Waals surface area contributed by atoms with E-state index in [2.05, 4.69) is 5.73 Å². The molecule has 0 bridgehead atoms. The molecule has 0 aromatic carbocycles. The third-order valence-electron chi connectivity index (χ3n) is 0. The third-order valence-corrected chi connectivity index (χ3v) is 0. The summed E-state index contributed by atoms with van der Waals surface area (Å²) in [5.41, 5.74) is 4.67. The van der Waals surface area contributed by atoms with Gasteiger partial charge in [-0.05, 0) is 6.92 Å². The van der Waals surface area contributed by atoms with Crippen molar-refractivity contribution in [2.24, 2.45) is 5.73 Å². The van der Waals surface area contributed by atoms with Crippen LogP contribution in [-0.4, -0.2) is 31.9 Å². The molecule has 0 rings (SSSR count). The van der Waals surface area contributed by atoms with Crippen LogP contribution in [0, 0.1) is 20.2 Å². The molecule has 0 saturated heterocycles. The van der Waals surface area contributed by atoms with Crippen molar-refractivity contribution in [1.29, 1.82) is 0 Å². The van der Waals surface area contributed by atoms with Crippen LogP contribution in [0.25, 0.3) is 0 Å². The summed E-state index contributed by atoms with van der Waals surface area (Å²) in [7, 11) is 0. The number of hydrogen-bond acceptors (Lipinski definition) is 6. The lowest BCUT2D eigenvalue weighted by molar-refractivity contribution is -0.742. The second-order valence-corrected chi connectivity index (χ2v) is 1.22. The van der Waals surface area contributed by atoms with Gasteiger partial charge in [-0.15, -0.1) is 20.2 Å². The summed E-state index contributed by atoms with van der Waals surface area (Å²) in [6.07, 6.45) is -0.667. The molecular weight excluding hydrogens is 178 g/mol. The van der Waals surface area contributed by atoms with Gasteiger partial charge in [-0.3, -0.25) is 0 Å². The fourth-order valence-corrected chi connectivity index (χ4v) is 0. The Bertz CT molecular complexity index is 101. The van der Waals surface area contributed by atoms with Crippen LogP contribution in [-0.2, 0) is 0 Å². The first-order valence-corrected chi connectivity index (χ1v) is 2.30. The maximum Gasteiger partial charge on any atom is 0.291 e. The van der Waals surface area contributed by atoms with E-state index in [0.717, 1.165) is 0 Å². The van der Waals surface area contributed by atoms with Crippen LogP contribution in [0.4, 0.5) is 0 Å². The van der Waals surface area contributed by atoms with Gasteiger partial charge in [-0.2, -0.15) is 0 Å². The quantitative estimate of drug-likeness (QED) is 0.203. The number of nitrogens with zero attached hydrogens (tertiary/aromatic N) is 2.